The highest BCUT2D eigenvalue weighted by Crippen LogP contribution is 2.15. The third kappa shape index (κ3) is 0.956. The first kappa shape index (κ1) is 7.49. The maximum Gasteiger partial charge on any atom is 0.135 e. The van der Waals surface area contributed by atoms with Crippen molar-refractivity contribution in [2.24, 2.45) is 0 Å². The molecule has 0 unspecified atom stereocenters. The molecule has 0 spiro atoms. The van der Waals surface area contributed by atoms with Crippen molar-refractivity contribution in [2.75, 3.05) is 0 Å². The number of aromatic nitrogens is 3. The molecule has 2 rings (SSSR count). The summed E-state index contributed by atoms with van der Waals surface area (Å²) in [5.41, 5.74) is 1.26. The van der Waals surface area contributed by atoms with E-state index in [9.17, 15) is 4.39 Å². The Bertz CT molecular complexity index is 437. The summed E-state index contributed by atoms with van der Waals surface area (Å²) in [6.07, 6.45) is 0. The van der Waals surface area contributed by atoms with Gasteiger partial charge in [0.1, 0.15) is 11.0 Å². The number of hydrogen-bond donors (Lipinski definition) is 0. The van der Waals surface area contributed by atoms with Crippen LogP contribution in [0, 0.1) is 12.7 Å². The van der Waals surface area contributed by atoms with Crippen LogP contribution in [0.2, 0.25) is 5.15 Å². The van der Waals surface area contributed by atoms with Gasteiger partial charge in [0.05, 0.1) is 11.2 Å². The van der Waals surface area contributed by atoms with E-state index in [0.29, 0.717) is 11.2 Å². The van der Waals surface area contributed by atoms with Gasteiger partial charge in [0.15, 0.2) is 0 Å². The van der Waals surface area contributed by atoms with E-state index in [-0.39, 0.29) is 11.0 Å². The third-order valence-electron chi connectivity index (χ3n) is 1.62. The number of pyridine rings is 1. The summed E-state index contributed by atoms with van der Waals surface area (Å²) in [6.45, 7) is 1.75. The summed E-state index contributed by atoms with van der Waals surface area (Å²) in [7, 11) is 0. The van der Waals surface area contributed by atoms with Crippen molar-refractivity contribution in [3.63, 3.8) is 0 Å². The first-order valence-electron chi connectivity index (χ1n) is 3.35. The Hall–Kier alpha value is -1.16. The standard InChI is InChI=1S/C7H5ClFN3/c1-4-6-2-5(9)3-7(8)12(6)11-10-4/h2-3H,1H3. The van der Waals surface area contributed by atoms with Gasteiger partial charge in [-0.15, -0.1) is 5.10 Å². The Morgan fingerprint density at radius 1 is 1.50 bits per heavy atom. The molecule has 0 atom stereocenters. The zero-order chi connectivity index (χ0) is 8.72. The van der Waals surface area contributed by atoms with Crippen molar-refractivity contribution in [1.29, 1.82) is 0 Å². The highest BCUT2D eigenvalue weighted by atomic mass is 35.5. The van der Waals surface area contributed by atoms with E-state index in [1.54, 1.807) is 6.92 Å². The molecule has 0 N–H and O–H groups in total. The second-order valence-electron chi connectivity index (χ2n) is 2.47. The van der Waals surface area contributed by atoms with Crippen LogP contribution in [-0.4, -0.2) is 14.8 Å². The van der Waals surface area contributed by atoms with Gasteiger partial charge in [-0.2, -0.15) is 0 Å². The molecule has 12 heavy (non-hydrogen) atoms. The number of halogens is 2. The van der Waals surface area contributed by atoms with E-state index in [1.165, 1.54) is 16.6 Å². The van der Waals surface area contributed by atoms with Gasteiger partial charge < -0.3 is 0 Å². The average molecular weight is 186 g/mol. The maximum absolute atomic E-state index is 12.8. The third-order valence-corrected chi connectivity index (χ3v) is 1.89. The van der Waals surface area contributed by atoms with Gasteiger partial charge in [0.2, 0.25) is 0 Å². The molecule has 0 amide bonds. The van der Waals surface area contributed by atoms with Gasteiger partial charge >= 0.3 is 0 Å². The molecule has 2 aromatic heterocycles. The van der Waals surface area contributed by atoms with E-state index in [4.69, 9.17) is 11.6 Å². The van der Waals surface area contributed by atoms with E-state index in [0.717, 1.165) is 0 Å². The summed E-state index contributed by atoms with van der Waals surface area (Å²) in [6, 6.07) is 2.55. The van der Waals surface area contributed by atoms with Gasteiger partial charge in [-0.3, -0.25) is 0 Å². The topological polar surface area (TPSA) is 30.2 Å². The predicted octanol–water partition coefficient (Wildman–Crippen LogP) is 1.83. The molecule has 0 saturated heterocycles. The van der Waals surface area contributed by atoms with Crippen LogP contribution in [0.25, 0.3) is 5.52 Å². The van der Waals surface area contributed by atoms with Crippen LogP contribution >= 0.6 is 11.6 Å². The van der Waals surface area contributed by atoms with E-state index in [1.807, 2.05) is 0 Å². The summed E-state index contributed by atoms with van der Waals surface area (Å²) >= 11 is 5.70. The highest BCUT2D eigenvalue weighted by molar-refractivity contribution is 6.29. The fourth-order valence-electron chi connectivity index (χ4n) is 1.04. The molecule has 2 aromatic rings. The fourth-order valence-corrected chi connectivity index (χ4v) is 1.26. The lowest BCUT2D eigenvalue weighted by atomic mass is 10.3. The Morgan fingerprint density at radius 3 is 3.00 bits per heavy atom. The minimum atomic E-state index is -0.377. The van der Waals surface area contributed by atoms with Crippen molar-refractivity contribution in [1.82, 2.24) is 14.8 Å². The van der Waals surface area contributed by atoms with E-state index in [2.05, 4.69) is 10.3 Å². The van der Waals surface area contributed by atoms with Crippen LogP contribution in [0.1, 0.15) is 5.69 Å². The Labute approximate surface area is 72.8 Å². The second-order valence-corrected chi connectivity index (χ2v) is 2.86. The number of rotatable bonds is 0. The van der Waals surface area contributed by atoms with Crippen LogP contribution in [0.3, 0.4) is 0 Å². The predicted molar refractivity (Wildman–Crippen MR) is 42.7 cm³/mol. The quantitative estimate of drug-likeness (QED) is 0.587. The molecule has 62 valence electrons. The highest BCUT2D eigenvalue weighted by Gasteiger charge is 2.06. The van der Waals surface area contributed by atoms with Crippen molar-refractivity contribution in [2.45, 2.75) is 6.92 Å². The SMILES string of the molecule is Cc1nnn2c(Cl)cc(F)cc12. The Morgan fingerprint density at radius 2 is 2.25 bits per heavy atom. The summed E-state index contributed by atoms with van der Waals surface area (Å²) in [5, 5.41) is 7.71. The maximum atomic E-state index is 12.8. The number of aryl methyl sites for hydroxylation is 1. The van der Waals surface area contributed by atoms with Crippen LogP contribution in [0.15, 0.2) is 12.1 Å². The molecule has 5 heteroatoms. The van der Waals surface area contributed by atoms with Crippen LogP contribution in [0.5, 0.6) is 0 Å². The smallest absolute Gasteiger partial charge is 0.135 e. The zero-order valence-electron chi connectivity index (χ0n) is 6.25. The van der Waals surface area contributed by atoms with E-state index >= 15 is 0 Å². The van der Waals surface area contributed by atoms with Crippen LogP contribution in [-0.2, 0) is 0 Å². The minimum absolute atomic E-state index is 0.227. The molecule has 0 aliphatic rings. The number of hydrogen-bond acceptors (Lipinski definition) is 2. The molecular formula is C7H5ClFN3. The minimum Gasteiger partial charge on any atom is -0.207 e. The average Bonchev–Trinajstić information content (AvgIpc) is 2.33. The van der Waals surface area contributed by atoms with E-state index < -0.39 is 0 Å². The Balaban J connectivity index is 2.92. The first-order chi connectivity index (χ1) is 5.68. The van der Waals surface area contributed by atoms with Crippen molar-refractivity contribution < 1.29 is 4.39 Å². The normalized spacial score (nSPS) is 10.9. The molecule has 0 aliphatic heterocycles. The van der Waals surface area contributed by atoms with Gasteiger partial charge in [-0.25, -0.2) is 8.91 Å². The van der Waals surface area contributed by atoms with Crippen LogP contribution < -0.4 is 0 Å². The van der Waals surface area contributed by atoms with Gasteiger partial charge in [-0.05, 0) is 6.92 Å². The molecule has 0 aliphatic carbocycles. The summed E-state index contributed by atoms with van der Waals surface area (Å²) in [4.78, 5) is 0. The molecule has 0 radical (unpaired) electrons. The first-order valence-corrected chi connectivity index (χ1v) is 3.73. The fraction of sp³-hybridized carbons (Fsp3) is 0.143. The molecule has 0 bridgehead atoms. The molecule has 2 heterocycles. The van der Waals surface area contributed by atoms with Gasteiger partial charge in [0.25, 0.3) is 0 Å². The monoisotopic (exact) mass is 185 g/mol. The summed E-state index contributed by atoms with van der Waals surface area (Å²) < 4.78 is 14.2. The lowest BCUT2D eigenvalue weighted by Gasteiger charge is -1.95. The lowest BCUT2D eigenvalue weighted by Crippen LogP contribution is -1.90. The van der Waals surface area contributed by atoms with Gasteiger partial charge in [-0.1, -0.05) is 16.8 Å². The number of nitrogens with zero attached hydrogens (tertiary/aromatic N) is 3. The molecule has 0 saturated carbocycles. The number of fused-ring (bicyclic) bond motifs is 1. The largest absolute Gasteiger partial charge is 0.207 e. The molecule has 0 fully saturated rings. The summed E-state index contributed by atoms with van der Waals surface area (Å²) in [5.74, 6) is -0.377. The molecular weight excluding hydrogens is 181 g/mol. The van der Waals surface area contributed by atoms with Crippen molar-refractivity contribution >= 4 is 17.1 Å². The second kappa shape index (κ2) is 2.42. The Kier molecular flexibility index (Phi) is 1.51. The van der Waals surface area contributed by atoms with Crippen molar-refractivity contribution in [3.8, 4) is 0 Å². The van der Waals surface area contributed by atoms with Crippen LogP contribution in [0.4, 0.5) is 4.39 Å². The van der Waals surface area contributed by atoms with Gasteiger partial charge in [0, 0.05) is 12.1 Å². The molecule has 0 aromatic carbocycles. The lowest BCUT2D eigenvalue weighted by molar-refractivity contribution is 0.625. The zero-order valence-corrected chi connectivity index (χ0v) is 7.01. The molecule has 3 nitrogen and oxygen atoms in total. The van der Waals surface area contributed by atoms with Crippen molar-refractivity contribution in [3.05, 3.63) is 28.8 Å².